The van der Waals surface area contributed by atoms with Crippen molar-refractivity contribution in [1.29, 1.82) is 0 Å². The first-order valence-electron chi connectivity index (χ1n) is 8.30. The van der Waals surface area contributed by atoms with Gasteiger partial charge in [0.15, 0.2) is 0 Å². The maximum absolute atomic E-state index is 12.9. The normalized spacial score (nSPS) is 13.0. The van der Waals surface area contributed by atoms with E-state index in [1.54, 1.807) is 18.2 Å². The van der Waals surface area contributed by atoms with Crippen LogP contribution in [0.2, 0.25) is 5.02 Å². The molecule has 0 saturated carbocycles. The minimum atomic E-state index is -5.05. The zero-order valence-corrected chi connectivity index (χ0v) is 15.7. The molecule has 11 heteroatoms. The van der Waals surface area contributed by atoms with Gasteiger partial charge in [0.05, 0.1) is 17.5 Å². The van der Waals surface area contributed by atoms with Gasteiger partial charge in [-0.15, -0.1) is 0 Å². The van der Waals surface area contributed by atoms with Crippen LogP contribution in [0.4, 0.5) is 26.3 Å². The van der Waals surface area contributed by atoms with Crippen molar-refractivity contribution in [2.45, 2.75) is 31.2 Å². The summed E-state index contributed by atoms with van der Waals surface area (Å²) in [6.07, 6.45) is -11.2. The molecule has 0 aliphatic carbocycles. The second-order valence-corrected chi connectivity index (χ2v) is 6.82. The minimum absolute atomic E-state index is 0.0550. The first kappa shape index (κ1) is 23.5. The van der Waals surface area contributed by atoms with Gasteiger partial charge in [0.2, 0.25) is 5.91 Å². The summed E-state index contributed by atoms with van der Waals surface area (Å²) in [7, 11) is 0. The van der Waals surface area contributed by atoms with Crippen LogP contribution < -0.4 is 5.32 Å². The summed E-state index contributed by atoms with van der Waals surface area (Å²) in [4.78, 5) is 23.5. The molecule has 4 nitrogen and oxygen atoms in total. The predicted molar refractivity (Wildman–Crippen MR) is 94.9 cm³/mol. The van der Waals surface area contributed by atoms with Gasteiger partial charge in [-0.1, -0.05) is 23.7 Å². The molecule has 0 spiro atoms. The standard InChI is InChI=1S/C19H14ClF6NO3/c20-14-3-1-2-10(6-14)7-15(17(29)30)27-16(28)8-11-4-12(18(21,22)23)9-13(5-11)19(24,25)26/h1-6,9,15H,7-8H2,(H,27,28)(H,29,30)/t15-/m1/s1. The Hall–Kier alpha value is -2.75. The Morgan fingerprint density at radius 3 is 1.97 bits per heavy atom. The lowest BCUT2D eigenvalue weighted by molar-refractivity contribution is -0.143. The zero-order valence-electron chi connectivity index (χ0n) is 14.9. The van der Waals surface area contributed by atoms with Crippen molar-refractivity contribution in [3.8, 4) is 0 Å². The molecule has 0 unspecified atom stereocenters. The van der Waals surface area contributed by atoms with Gasteiger partial charge in [-0.05, 0) is 41.5 Å². The number of nitrogens with one attached hydrogen (secondary N) is 1. The fourth-order valence-corrected chi connectivity index (χ4v) is 2.86. The summed E-state index contributed by atoms with van der Waals surface area (Å²) in [5.74, 6) is -2.47. The Bertz CT molecular complexity index is 910. The van der Waals surface area contributed by atoms with Crippen LogP contribution in [0.25, 0.3) is 0 Å². The average molecular weight is 454 g/mol. The van der Waals surface area contributed by atoms with Crippen LogP contribution in [-0.4, -0.2) is 23.0 Å². The molecule has 0 radical (unpaired) electrons. The number of hydrogen-bond acceptors (Lipinski definition) is 2. The molecule has 30 heavy (non-hydrogen) atoms. The Kier molecular flexibility index (Phi) is 7.02. The van der Waals surface area contributed by atoms with E-state index in [-0.39, 0.29) is 12.5 Å². The fraction of sp³-hybridized carbons (Fsp3) is 0.263. The number of carboxylic acids is 1. The van der Waals surface area contributed by atoms with Gasteiger partial charge in [-0.25, -0.2) is 4.79 Å². The monoisotopic (exact) mass is 453 g/mol. The highest BCUT2D eigenvalue weighted by Crippen LogP contribution is 2.36. The topological polar surface area (TPSA) is 66.4 Å². The summed E-state index contributed by atoms with van der Waals surface area (Å²) in [5, 5.41) is 11.7. The molecule has 2 N–H and O–H groups in total. The predicted octanol–water partition coefficient (Wildman–Crippen LogP) is 4.73. The fourth-order valence-electron chi connectivity index (χ4n) is 2.65. The number of carbonyl (C=O) groups is 2. The Balaban J connectivity index is 2.21. The van der Waals surface area contributed by atoms with Crippen molar-refractivity contribution in [2.75, 3.05) is 0 Å². The summed E-state index contributed by atoms with van der Waals surface area (Å²) < 4.78 is 77.4. The van der Waals surface area contributed by atoms with E-state index < -0.39 is 53.4 Å². The van der Waals surface area contributed by atoms with Gasteiger partial charge >= 0.3 is 18.3 Å². The molecular weight excluding hydrogens is 440 g/mol. The lowest BCUT2D eigenvalue weighted by Crippen LogP contribution is -2.43. The number of carboxylic acid groups (broad SMARTS) is 1. The van der Waals surface area contributed by atoms with E-state index >= 15 is 0 Å². The molecule has 2 aromatic carbocycles. The Morgan fingerprint density at radius 2 is 1.50 bits per heavy atom. The third-order valence-corrected chi connectivity index (χ3v) is 4.21. The van der Waals surface area contributed by atoms with E-state index in [2.05, 4.69) is 5.32 Å². The average Bonchev–Trinajstić information content (AvgIpc) is 2.59. The van der Waals surface area contributed by atoms with Crippen molar-refractivity contribution in [3.05, 3.63) is 69.7 Å². The number of carbonyl (C=O) groups excluding carboxylic acids is 1. The number of alkyl halides is 6. The van der Waals surface area contributed by atoms with Gasteiger partial charge in [-0.3, -0.25) is 4.79 Å². The maximum Gasteiger partial charge on any atom is 0.416 e. The molecule has 0 bridgehead atoms. The molecule has 0 saturated heterocycles. The maximum atomic E-state index is 12.9. The van der Waals surface area contributed by atoms with Crippen molar-refractivity contribution in [1.82, 2.24) is 5.32 Å². The second kappa shape index (κ2) is 8.95. The van der Waals surface area contributed by atoms with E-state index in [9.17, 15) is 41.0 Å². The number of aliphatic carboxylic acids is 1. The second-order valence-electron chi connectivity index (χ2n) is 6.38. The largest absolute Gasteiger partial charge is 0.480 e. The first-order chi connectivity index (χ1) is 13.8. The van der Waals surface area contributed by atoms with Crippen LogP contribution in [0, 0.1) is 0 Å². The number of rotatable bonds is 6. The molecule has 162 valence electrons. The van der Waals surface area contributed by atoms with E-state index in [1.807, 2.05) is 0 Å². The molecule has 0 heterocycles. The summed E-state index contributed by atoms with van der Waals surface area (Å²) >= 11 is 5.81. The molecule has 0 fully saturated rings. The number of amides is 1. The summed E-state index contributed by atoms with van der Waals surface area (Å²) in [6, 6.07) is 5.45. The third-order valence-electron chi connectivity index (χ3n) is 3.97. The number of hydrogen-bond donors (Lipinski definition) is 2. The van der Waals surface area contributed by atoms with Gasteiger partial charge in [0, 0.05) is 11.4 Å². The van der Waals surface area contributed by atoms with Crippen LogP contribution in [0.1, 0.15) is 22.3 Å². The quantitative estimate of drug-likeness (QED) is 0.621. The van der Waals surface area contributed by atoms with Crippen molar-refractivity contribution in [3.63, 3.8) is 0 Å². The highest BCUT2D eigenvalue weighted by molar-refractivity contribution is 6.30. The van der Waals surface area contributed by atoms with E-state index in [1.165, 1.54) is 6.07 Å². The molecular formula is C19H14ClF6NO3. The Labute approximate surface area is 171 Å². The molecule has 1 atom stereocenters. The van der Waals surface area contributed by atoms with Gasteiger partial charge < -0.3 is 10.4 Å². The van der Waals surface area contributed by atoms with Crippen molar-refractivity contribution < 1.29 is 41.0 Å². The van der Waals surface area contributed by atoms with Crippen LogP contribution in [0.3, 0.4) is 0 Å². The van der Waals surface area contributed by atoms with Gasteiger partial charge in [0.1, 0.15) is 6.04 Å². The lowest BCUT2D eigenvalue weighted by Gasteiger charge is -2.16. The summed E-state index contributed by atoms with van der Waals surface area (Å²) in [5.41, 5.74) is -3.21. The molecule has 0 aliphatic heterocycles. The zero-order chi connectivity index (χ0) is 22.7. The highest BCUT2D eigenvalue weighted by Gasteiger charge is 2.37. The summed E-state index contributed by atoms with van der Waals surface area (Å²) in [6.45, 7) is 0. The minimum Gasteiger partial charge on any atom is -0.480 e. The molecule has 2 rings (SSSR count). The van der Waals surface area contributed by atoms with E-state index in [0.29, 0.717) is 22.7 Å². The molecule has 2 aromatic rings. The van der Waals surface area contributed by atoms with Crippen molar-refractivity contribution >= 4 is 23.5 Å². The molecule has 1 amide bonds. The Morgan fingerprint density at radius 1 is 0.933 bits per heavy atom. The third kappa shape index (κ3) is 6.65. The van der Waals surface area contributed by atoms with Gasteiger partial charge in [0.25, 0.3) is 0 Å². The highest BCUT2D eigenvalue weighted by atomic mass is 35.5. The number of benzene rings is 2. The van der Waals surface area contributed by atoms with Gasteiger partial charge in [-0.2, -0.15) is 26.3 Å². The number of halogens is 7. The smallest absolute Gasteiger partial charge is 0.416 e. The van der Waals surface area contributed by atoms with Crippen molar-refractivity contribution in [2.24, 2.45) is 0 Å². The molecule has 0 aliphatic rings. The first-order valence-corrected chi connectivity index (χ1v) is 8.68. The SMILES string of the molecule is O=C(Cc1cc(C(F)(F)F)cc(C(F)(F)F)c1)N[C@H](Cc1cccc(Cl)c1)C(=O)O. The lowest BCUT2D eigenvalue weighted by atomic mass is 10.0. The molecule has 0 aromatic heterocycles. The van der Waals surface area contributed by atoms with Crippen LogP contribution in [0.5, 0.6) is 0 Å². The van der Waals surface area contributed by atoms with E-state index in [4.69, 9.17) is 11.6 Å². The van der Waals surface area contributed by atoms with Crippen LogP contribution in [-0.2, 0) is 34.8 Å². The van der Waals surface area contributed by atoms with Crippen LogP contribution in [0.15, 0.2) is 42.5 Å². The van der Waals surface area contributed by atoms with E-state index in [0.717, 1.165) is 0 Å². The van der Waals surface area contributed by atoms with Crippen LogP contribution >= 0.6 is 11.6 Å².